The maximum absolute atomic E-state index is 14.0. The highest BCUT2D eigenvalue weighted by molar-refractivity contribution is 6.11. The van der Waals surface area contributed by atoms with Gasteiger partial charge in [-0.05, 0) is 49.9 Å². The Morgan fingerprint density at radius 1 is 0.500 bits per heavy atom. The number of hydrogen-bond acceptors (Lipinski definition) is 12. The van der Waals surface area contributed by atoms with Gasteiger partial charge >= 0.3 is 48.0 Å². The number of amides is 8. The topological polar surface area (TPSA) is 235 Å². The monoisotopic (exact) mass is 698 g/mol. The minimum Gasteiger partial charge on any atom is -0.463 e. The summed E-state index contributed by atoms with van der Waals surface area (Å²) in [4.78, 5) is 114. The first-order chi connectivity index (χ1) is 23.8. The summed E-state index contributed by atoms with van der Waals surface area (Å²) >= 11 is 0. The Bertz CT molecular complexity index is 1590. The molecule has 6 heterocycles. The lowest BCUT2D eigenvalue weighted by Crippen LogP contribution is -2.74. The maximum Gasteiger partial charge on any atom is 0.358 e. The van der Waals surface area contributed by atoms with Crippen LogP contribution in [0.25, 0.3) is 0 Å². The molecule has 1 aromatic rings. The molecule has 4 fully saturated rings. The number of rotatable bonds is 8. The minimum atomic E-state index is -2.36. The van der Waals surface area contributed by atoms with Crippen LogP contribution in [0.3, 0.4) is 0 Å². The van der Waals surface area contributed by atoms with Crippen LogP contribution in [0.1, 0.15) is 49.9 Å². The first-order valence-electron chi connectivity index (χ1n) is 16.1. The molecule has 0 unspecified atom stereocenters. The van der Waals surface area contributed by atoms with Crippen LogP contribution in [0.5, 0.6) is 0 Å². The predicted octanol–water partition coefficient (Wildman–Crippen LogP) is -1.15. The van der Waals surface area contributed by atoms with Gasteiger partial charge in [-0.3, -0.25) is 19.6 Å². The molecule has 1 aromatic carbocycles. The van der Waals surface area contributed by atoms with E-state index in [0.717, 1.165) is 19.6 Å². The van der Waals surface area contributed by atoms with Crippen LogP contribution in [0.4, 0.5) is 19.2 Å². The van der Waals surface area contributed by atoms with Crippen molar-refractivity contribution in [3.05, 3.63) is 34.4 Å². The summed E-state index contributed by atoms with van der Waals surface area (Å²) < 4.78 is 21.3. The zero-order valence-electron chi connectivity index (χ0n) is 27.5. The molecule has 0 spiro atoms. The average molecular weight is 699 g/mol. The quantitative estimate of drug-likeness (QED) is 0.186. The van der Waals surface area contributed by atoms with E-state index < -0.39 is 70.7 Å². The number of esters is 4. The van der Waals surface area contributed by atoms with E-state index in [-0.39, 0.29) is 52.6 Å². The van der Waals surface area contributed by atoms with Gasteiger partial charge in [0.05, 0.1) is 52.6 Å². The van der Waals surface area contributed by atoms with Crippen LogP contribution in [0, 0.1) is 0 Å². The minimum absolute atomic E-state index is 0.128. The lowest BCUT2D eigenvalue weighted by molar-refractivity contribution is -0.178. The van der Waals surface area contributed by atoms with E-state index in [1.165, 1.54) is 27.7 Å². The smallest absolute Gasteiger partial charge is 0.358 e. The van der Waals surface area contributed by atoms with Gasteiger partial charge in [0.15, 0.2) is 0 Å². The van der Waals surface area contributed by atoms with Crippen molar-refractivity contribution in [2.75, 3.05) is 26.4 Å². The van der Waals surface area contributed by atoms with Gasteiger partial charge in [-0.1, -0.05) is 12.1 Å². The van der Waals surface area contributed by atoms with Gasteiger partial charge in [0, 0.05) is 0 Å². The first-order valence-corrected chi connectivity index (χ1v) is 16.1. The standard InChI is InChI=1S/C30H34N8O12/c1-5-47-19(39)27-29(21(41)49-7-3)35(23(43)31-27)11-15-9-17-13-37-25(45)33-28(20(40)48-6-2)30(37,22(42)50-8-4)38(26(46)34-28)14-18(17)10-16(15)12-36(29)24(44)32-27/h9-10H,5-8,11-14H2,1-4H3,(H,31,43)(H,32,44)(H,33,45)(H,34,46). The van der Waals surface area contributed by atoms with Crippen molar-refractivity contribution >= 4 is 48.0 Å². The number of carbonyl (C=O) groups is 8. The van der Waals surface area contributed by atoms with E-state index in [1.807, 2.05) is 0 Å². The van der Waals surface area contributed by atoms with Gasteiger partial charge in [0.25, 0.3) is 22.7 Å². The predicted molar refractivity (Wildman–Crippen MR) is 160 cm³/mol. The molecule has 0 bridgehead atoms. The summed E-state index contributed by atoms with van der Waals surface area (Å²) in [7, 11) is 0. The Balaban J connectivity index is 1.38. The molecule has 0 aliphatic carbocycles. The molecule has 0 aromatic heterocycles. The second-order valence-corrected chi connectivity index (χ2v) is 12.2. The van der Waals surface area contributed by atoms with E-state index in [1.54, 1.807) is 12.1 Å². The summed E-state index contributed by atoms with van der Waals surface area (Å²) in [6.45, 7) is 4.27. The molecular weight excluding hydrogens is 664 g/mol. The molecule has 7 rings (SSSR count). The third-order valence-corrected chi connectivity index (χ3v) is 9.89. The number of fused-ring (bicyclic) bond motifs is 2. The Kier molecular flexibility index (Phi) is 7.09. The lowest BCUT2D eigenvalue weighted by atomic mass is 9.93. The third-order valence-electron chi connectivity index (χ3n) is 9.89. The van der Waals surface area contributed by atoms with Gasteiger partial charge in [0.1, 0.15) is 0 Å². The van der Waals surface area contributed by atoms with Crippen molar-refractivity contribution in [3.63, 3.8) is 0 Å². The van der Waals surface area contributed by atoms with Crippen molar-refractivity contribution in [1.82, 2.24) is 40.9 Å². The highest BCUT2D eigenvalue weighted by Gasteiger charge is 2.83. The van der Waals surface area contributed by atoms with Crippen molar-refractivity contribution in [2.24, 2.45) is 0 Å². The van der Waals surface area contributed by atoms with Crippen LogP contribution in [-0.2, 0) is 64.3 Å². The van der Waals surface area contributed by atoms with Crippen LogP contribution >= 0.6 is 0 Å². The first kappa shape index (κ1) is 32.7. The average Bonchev–Trinajstić information content (AvgIpc) is 3.54. The molecule has 4 saturated heterocycles. The summed E-state index contributed by atoms with van der Waals surface area (Å²) in [5.41, 5.74) is -7.76. The van der Waals surface area contributed by atoms with Crippen LogP contribution in [0.15, 0.2) is 12.1 Å². The Hall–Kier alpha value is -5.82. The Labute approximate surface area is 283 Å². The summed E-state index contributed by atoms with van der Waals surface area (Å²) in [6.07, 6.45) is 0. The van der Waals surface area contributed by atoms with Gasteiger partial charge in [-0.25, -0.2) is 38.4 Å². The Morgan fingerprint density at radius 2 is 0.740 bits per heavy atom. The molecule has 0 atom stereocenters. The summed E-state index contributed by atoms with van der Waals surface area (Å²) in [5.74, 6) is -4.28. The highest BCUT2D eigenvalue weighted by atomic mass is 16.6. The number of ether oxygens (including phenoxy) is 4. The molecule has 266 valence electrons. The molecule has 50 heavy (non-hydrogen) atoms. The zero-order valence-corrected chi connectivity index (χ0v) is 27.5. The van der Waals surface area contributed by atoms with Gasteiger partial charge < -0.3 is 40.2 Å². The molecule has 6 aliphatic heterocycles. The van der Waals surface area contributed by atoms with Crippen LogP contribution in [-0.4, -0.2) is 117 Å². The fraction of sp³-hybridized carbons (Fsp3) is 0.533. The van der Waals surface area contributed by atoms with Crippen molar-refractivity contribution in [2.45, 2.75) is 76.5 Å². The van der Waals surface area contributed by atoms with E-state index in [0.29, 0.717) is 22.3 Å². The van der Waals surface area contributed by atoms with Crippen LogP contribution in [0.2, 0.25) is 0 Å². The molecule has 4 N–H and O–H groups in total. The highest BCUT2D eigenvalue weighted by Crippen LogP contribution is 2.50. The van der Waals surface area contributed by atoms with Crippen molar-refractivity contribution in [1.29, 1.82) is 0 Å². The normalized spacial score (nSPS) is 29.7. The van der Waals surface area contributed by atoms with E-state index >= 15 is 0 Å². The lowest BCUT2D eigenvalue weighted by Gasteiger charge is -2.41. The molecule has 6 aliphatic rings. The summed E-state index contributed by atoms with van der Waals surface area (Å²) in [6, 6.07) is -0.271. The van der Waals surface area contributed by atoms with E-state index in [4.69, 9.17) is 18.9 Å². The second kappa shape index (κ2) is 10.8. The number of nitrogens with zero attached hydrogens (tertiary/aromatic N) is 4. The maximum atomic E-state index is 14.0. The zero-order chi connectivity index (χ0) is 36.0. The molecule has 20 nitrogen and oxygen atoms in total. The number of nitrogens with one attached hydrogen (secondary N) is 4. The molecule has 20 heteroatoms. The fourth-order valence-corrected chi connectivity index (χ4v) is 8.00. The molecule has 0 radical (unpaired) electrons. The molecular formula is C30H34N8O12. The van der Waals surface area contributed by atoms with Crippen LogP contribution < -0.4 is 21.3 Å². The number of benzene rings is 1. The molecule has 8 amide bonds. The number of urea groups is 4. The number of carbonyl (C=O) groups excluding carboxylic acids is 8. The van der Waals surface area contributed by atoms with Gasteiger partial charge in [0.2, 0.25) is 0 Å². The van der Waals surface area contributed by atoms with Gasteiger partial charge in [-0.15, -0.1) is 0 Å². The second-order valence-electron chi connectivity index (χ2n) is 12.2. The van der Waals surface area contributed by atoms with Crippen molar-refractivity contribution < 1.29 is 57.3 Å². The molecule has 0 saturated carbocycles. The van der Waals surface area contributed by atoms with Crippen molar-refractivity contribution in [3.8, 4) is 0 Å². The van der Waals surface area contributed by atoms with Gasteiger partial charge in [-0.2, -0.15) is 0 Å². The van der Waals surface area contributed by atoms with E-state index in [2.05, 4.69) is 21.3 Å². The summed E-state index contributed by atoms with van der Waals surface area (Å²) in [5, 5.41) is 9.88. The third kappa shape index (κ3) is 3.64. The largest absolute Gasteiger partial charge is 0.463 e. The number of hydrogen-bond donors (Lipinski definition) is 4. The fourth-order valence-electron chi connectivity index (χ4n) is 8.00. The SMILES string of the molecule is CCOC(=O)C12NC(=O)N3Cc4cc5c(cc4CN(C(=O)N1)C32C(=O)OCC)CN1C(=O)NC2(C(=O)OCC)NC(=O)N(C5)C12C(=O)OCC. The Morgan fingerprint density at radius 3 is 0.980 bits per heavy atom. The van der Waals surface area contributed by atoms with E-state index in [9.17, 15) is 38.4 Å².